The molecule has 1 aromatic carbocycles. The number of nitrogens with zero attached hydrogens (tertiary/aromatic N) is 1. The average Bonchev–Trinajstić information content (AvgIpc) is 2.18. The maximum Gasteiger partial charge on any atom is 0.299 e. The maximum atomic E-state index is 11.0. The predicted octanol–water partition coefficient (Wildman–Crippen LogP) is 1.39. The van der Waals surface area contributed by atoms with Gasteiger partial charge in [0.1, 0.15) is 0 Å². The van der Waals surface area contributed by atoms with Gasteiger partial charge in [-0.05, 0) is 5.56 Å². The number of carbonyl (C=O) groups is 1. The molecule has 0 heterocycles. The second kappa shape index (κ2) is 4.55. The van der Waals surface area contributed by atoms with Crippen LogP contribution in [0.5, 0.6) is 0 Å². The summed E-state index contributed by atoms with van der Waals surface area (Å²) in [6.45, 7) is 3.46. The van der Waals surface area contributed by atoms with E-state index in [9.17, 15) is 4.79 Å². The molecule has 74 valence electrons. The fraction of sp³-hybridized carbons (Fsp3) is 0.100. The SMILES string of the molecule is C=C(Cc1ccccc1)C(=O)N(O)O. The van der Waals surface area contributed by atoms with E-state index < -0.39 is 11.1 Å². The van der Waals surface area contributed by atoms with E-state index in [0.29, 0.717) is 6.42 Å². The van der Waals surface area contributed by atoms with Gasteiger partial charge in [-0.2, -0.15) is 0 Å². The molecule has 0 aliphatic heterocycles. The van der Waals surface area contributed by atoms with Crippen LogP contribution >= 0.6 is 0 Å². The number of hydrogen-bond acceptors (Lipinski definition) is 3. The first-order valence-electron chi connectivity index (χ1n) is 4.05. The van der Waals surface area contributed by atoms with Crippen molar-refractivity contribution in [3.05, 3.63) is 48.0 Å². The molecule has 0 unspecified atom stereocenters. The molecule has 0 aliphatic carbocycles. The van der Waals surface area contributed by atoms with Crippen LogP contribution in [0.15, 0.2) is 42.5 Å². The Bertz CT molecular complexity index is 332. The van der Waals surface area contributed by atoms with Gasteiger partial charge in [-0.3, -0.25) is 15.2 Å². The topological polar surface area (TPSA) is 60.8 Å². The highest BCUT2D eigenvalue weighted by molar-refractivity contribution is 5.91. The summed E-state index contributed by atoms with van der Waals surface area (Å²) in [5.74, 6) is -0.895. The third kappa shape index (κ3) is 2.69. The Labute approximate surface area is 81.6 Å². The Morgan fingerprint density at radius 2 is 1.86 bits per heavy atom. The predicted molar refractivity (Wildman–Crippen MR) is 49.7 cm³/mol. The van der Waals surface area contributed by atoms with E-state index in [-0.39, 0.29) is 5.57 Å². The van der Waals surface area contributed by atoms with Crippen LogP contribution in [0.1, 0.15) is 5.56 Å². The molecule has 0 atom stereocenters. The largest absolute Gasteiger partial charge is 0.299 e. The number of amides is 1. The van der Waals surface area contributed by atoms with Crippen LogP contribution in [0, 0.1) is 0 Å². The third-order valence-electron chi connectivity index (χ3n) is 1.74. The summed E-state index contributed by atoms with van der Waals surface area (Å²) in [7, 11) is 0. The van der Waals surface area contributed by atoms with Gasteiger partial charge >= 0.3 is 0 Å². The second-order valence-electron chi connectivity index (χ2n) is 2.86. The lowest BCUT2D eigenvalue weighted by atomic mass is 10.1. The van der Waals surface area contributed by atoms with E-state index >= 15 is 0 Å². The highest BCUT2D eigenvalue weighted by Crippen LogP contribution is 2.07. The van der Waals surface area contributed by atoms with Gasteiger partial charge in [0.25, 0.3) is 5.91 Å². The maximum absolute atomic E-state index is 11.0. The van der Waals surface area contributed by atoms with Crippen molar-refractivity contribution >= 4 is 5.91 Å². The molecule has 0 radical (unpaired) electrons. The zero-order valence-corrected chi connectivity index (χ0v) is 7.55. The van der Waals surface area contributed by atoms with E-state index in [0.717, 1.165) is 5.56 Å². The quantitative estimate of drug-likeness (QED) is 0.433. The summed E-state index contributed by atoms with van der Waals surface area (Å²) in [6, 6.07) is 9.19. The number of rotatable bonds is 3. The highest BCUT2D eigenvalue weighted by Gasteiger charge is 2.12. The first-order chi connectivity index (χ1) is 6.61. The standard InChI is InChI=1S/C10H11NO3/c1-8(10(12)11(13)14)7-9-5-3-2-4-6-9/h2-6,13-14H,1,7H2. The Balaban J connectivity index is 2.63. The lowest BCUT2D eigenvalue weighted by Gasteiger charge is -2.08. The summed E-state index contributed by atoms with van der Waals surface area (Å²) >= 11 is 0. The minimum atomic E-state index is -0.895. The number of hydroxylamine groups is 2. The van der Waals surface area contributed by atoms with Gasteiger partial charge in [-0.15, -0.1) is 0 Å². The zero-order chi connectivity index (χ0) is 10.6. The monoisotopic (exact) mass is 193 g/mol. The molecule has 0 fully saturated rings. The molecular formula is C10H11NO3. The summed E-state index contributed by atoms with van der Waals surface area (Å²) in [5, 5.41) is 16.4. The Morgan fingerprint density at radius 1 is 1.29 bits per heavy atom. The van der Waals surface area contributed by atoms with Gasteiger partial charge in [0.2, 0.25) is 0 Å². The van der Waals surface area contributed by atoms with Crippen LogP contribution in [-0.2, 0) is 11.2 Å². The van der Waals surface area contributed by atoms with Crippen molar-refractivity contribution in [2.24, 2.45) is 0 Å². The molecule has 1 rings (SSSR count). The Morgan fingerprint density at radius 3 is 2.36 bits per heavy atom. The van der Waals surface area contributed by atoms with Crippen LogP contribution in [0.2, 0.25) is 0 Å². The van der Waals surface area contributed by atoms with Gasteiger partial charge in [-0.25, -0.2) is 0 Å². The molecule has 1 amide bonds. The van der Waals surface area contributed by atoms with Gasteiger partial charge in [-0.1, -0.05) is 42.1 Å². The molecule has 0 saturated carbocycles. The van der Waals surface area contributed by atoms with Crippen molar-refractivity contribution < 1.29 is 15.2 Å². The van der Waals surface area contributed by atoms with Crippen molar-refractivity contribution in [1.29, 1.82) is 0 Å². The van der Waals surface area contributed by atoms with Crippen LogP contribution in [0.25, 0.3) is 0 Å². The molecule has 0 saturated heterocycles. The second-order valence-corrected chi connectivity index (χ2v) is 2.86. The third-order valence-corrected chi connectivity index (χ3v) is 1.74. The van der Waals surface area contributed by atoms with Gasteiger partial charge in [0.15, 0.2) is 0 Å². The summed E-state index contributed by atoms with van der Waals surface area (Å²) < 4.78 is 0. The lowest BCUT2D eigenvalue weighted by Crippen LogP contribution is -2.25. The summed E-state index contributed by atoms with van der Waals surface area (Å²) in [4.78, 5) is 11.0. The fourth-order valence-corrected chi connectivity index (χ4v) is 1.06. The minimum absolute atomic E-state index is 0.126. The minimum Gasteiger partial charge on any atom is -0.265 e. The normalized spacial score (nSPS) is 9.57. The molecule has 0 bridgehead atoms. The average molecular weight is 193 g/mol. The Kier molecular flexibility index (Phi) is 3.39. The molecule has 0 aromatic heterocycles. The van der Waals surface area contributed by atoms with Crippen molar-refractivity contribution in [2.75, 3.05) is 0 Å². The number of carbonyl (C=O) groups excluding carboxylic acids is 1. The summed E-state index contributed by atoms with van der Waals surface area (Å²) in [6.07, 6.45) is 0.303. The van der Waals surface area contributed by atoms with Gasteiger partial charge in [0.05, 0.1) is 0 Å². The van der Waals surface area contributed by atoms with E-state index in [2.05, 4.69) is 6.58 Å². The van der Waals surface area contributed by atoms with E-state index in [1.54, 1.807) is 0 Å². The molecule has 4 heteroatoms. The van der Waals surface area contributed by atoms with Crippen molar-refractivity contribution in [1.82, 2.24) is 5.23 Å². The van der Waals surface area contributed by atoms with Crippen molar-refractivity contribution in [3.63, 3.8) is 0 Å². The smallest absolute Gasteiger partial charge is 0.265 e. The van der Waals surface area contributed by atoms with Crippen LogP contribution in [0.3, 0.4) is 0 Å². The first-order valence-corrected chi connectivity index (χ1v) is 4.05. The molecule has 1 aromatic rings. The first kappa shape index (κ1) is 10.4. The number of hydrogen-bond donors (Lipinski definition) is 2. The molecule has 2 N–H and O–H groups in total. The highest BCUT2D eigenvalue weighted by atomic mass is 16.8. The van der Waals surface area contributed by atoms with E-state index in [4.69, 9.17) is 10.4 Å². The zero-order valence-electron chi connectivity index (χ0n) is 7.55. The van der Waals surface area contributed by atoms with E-state index in [1.807, 2.05) is 30.3 Å². The summed E-state index contributed by atoms with van der Waals surface area (Å²) in [5.41, 5.74) is 1.02. The van der Waals surface area contributed by atoms with Gasteiger partial charge < -0.3 is 0 Å². The molecule has 4 nitrogen and oxygen atoms in total. The molecule has 14 heavy (non-hydrogen) atoms. The number of benzene rings is 1. The van der Waals surface area contributed by atoms with Crippen LogP contribution in [0.4, 0.5) is 0 Å². The fourth-order valence-electron chi connectivity index (χ4n) is 1.06. The van der Waals surface area contributed by atoms with Gasteiger partial charge in [0, 0.05) is 12.0 Å². The Hall–Kier alpha value is -1.65. The lowest BCUT2D eigenvalue weighted by molar-refractivity contribution is -0.281. The van der Waals surface area contributed by atoms with Crippen molar-refractivity contribution in [2.45, 2.75) is 6.42 Å². The molecular weight excluding hydrogens is 182 g/mol. The molecule has 0 spiro atoms. The van der Waals surface area contributed by atoms with Crippen LogP contribution < -0.4 is 0 Å². The van der Waals surface area contributed by atoms with Crippen molar-refractivity contribution in [3.8, 4) is 0 Å². The van der Waals surface area contributed by atoms with E-state index in [1.165, 1.54) is 0 Å². The molecule has 0 aliphatic rings. The van der Waals surface area contributed by atoms with Crippen LogP contribution in [-0.4, -0.2) is 21.5 Å².